The SMILES string of the molecule is CC1C(C(=O)O)CCN1C(=O)NCc1cccc(Cl)c1. The highest BCUT2D eigenvalue weighted by molar-refractivity contribution is 6.30. The molecule has 6 heteroatoms. The average molecular weight is 297 g/mol. The minimum atomic E-state index is -0.845. The summed E-state index contributed by atoms with van der Waals surface area (Å²) in [6, 6.07) is 6.73. The number of carbonyl (C=O) groups excluding carboxylic acids is 1. The second kappa shape index (κ2) is 6.13. The van der Waals surface area contributed by atoms with Gasteiger partial charge in [0.05, 0.1) is 5.92 Å². The Labute approximate surface area is 122 Å². The first-order valence-electron chi connectivity index (χ1n) is 6.50. The van der Waals surface area contributed by atoms with E-state index in [1.54, 1.807) is 24.0 Å². The number of halogens is 1. The number of rotatable bonds is 3. The number of carboxylic acids is 1. The maximum atomic E-state index is 12.1. The van der Waals surface area contributed by atoms with Crippen LogP contribution in [0.3, 0.4) is 0 Å². The van der Waals surface area contributed by atoms with Crippen molar-refractivity contribution in [3.63, 3.8) is 0 Å². The van der Waals surface area contributed by atoms with Gasteiger partial charge in [0.15, 0.2) is 0 Å². The molecule has 1 aliphatic rings. The molecule has 2 atom stereocenters. The highest BCUT2D eigenvalue weighted by Gasteiger charge is 2.37. The summed E-state index contributed by atoms with van der Waals surface area (Å²) in [7, 11) is 0. The molecular formula is C14H17ClN2O3. The van der Waals surface area contributed by atoms with Gasteiger partial charge < -0.3 is 15.3 Å². The Kier molecular flexibility index (Phi) is 4.49. The van der Waals surface area contributed by atoms with E-state index in [9.17, 15) is 9.59 Å². The number of hydrogen-bond acceptors (Lipinski definition) is 2. The fourth-order valence-corrected chi connectivity index (χ4v) is 2.70. The standard InChI is InChI=1S/C14H17ClN2O3/c1-9-12(13(18)19)5-6-17(9)14(20)16-8-10-3-2-4-11(15)7-10/h2-4,7,9,12H,5-6,8H2,1H3,(H,16,20)(H,18,19). The molecule has 1 fully saturated rings. The van der Waals surface area contributed by atoms with E-state index in [2.05, 4.69) is 5.32 Å². The molecular weight excluding hydrogens is 280 g/mol. The molecule has 2 amide bonds. The van der Waals surface area contributed by atoms with Crippen molar-refractivity contribution in [1.82, 2.24) is 10.2 Å². The lowest BCUT2D eigenvalue weighted by Gasteiger charge is -2.23. The number of nitrogens with one attached hydrogen (secondary N) is 1. The zero-order valence-corrected chi connectivity index (χ0v) is 11.9. The molecule has 1 saturated heterocycles. The third-order valence-electron chi connectivity index (χ3n) is 3.67. The van der Waals surface area contributed by atoms with Crippen molar-refractivity contribution in [1.29, 1.82) is 0 Å². The number of carboxylic acid groups (broad SMARTS) is 1. The van der Waals surface area contributed by atoms with Crippen molar-refractivity contribution in [2.45, 2.75) is 25.9 Å². The molecule has 5 nitrogen and oxygen atoms in total. The summed E-state index contributed by atoms with van der Waals surface area (Å²) in [6.07, 6.45) is 0.501. The van der Waals surface area contributed by atoms with Crippen LogP contribution in [-0.2, 0) is 11.3 Å². The van der Waals surface area contributed by atoms with Gasteiger partial charge in [-0.15, -0.1) is 0 Å². The molecule has 108 valence electrons. The van der Waals surface area contributed by atoms with Crippen molar-refractivity contribution < 1.29 is 14.7 Å². The Morgan fingerprint density at radius 3 is 2.85 bits per heavy atom. The number of nitrogens with zero attached hydrogens (tertiary/aromatic N) is 1. The first-order chi connectivity index (χ1) is 9.49. The summed E-state index contributed by atoms with van der Waals surface area (Å²) in [6.45, 7) is 2.62. The summed E-state index contributed by atoms with van der Waals surface area (Å²) < 4.78 is 0. The summed E-state index contributed by atoms with van der Waals surface area (Å²) in [5.74, 6) is -1.32. The monoisotopic (exact) mass is 296 g/mol. The number of urea groups is 1. The zero-order chi connectivity index (χ0) is 14.7. The maximum absolute atomic E-state index is 12.1. The average Bonchev–Trinajstić information content (AvgIpc) is 2.78. The van der Waals surface area contributed by atoms with Gasteiger partial charge in [0.1, 0.15) is 0 Å². The van der Waals surface area contributed by atoms with E-state index in [0.29, 0.717) is 24.5 Å². The smallest absolute Gasteiger partial charge is 0.317 e. The molecule has 0 aromatic heterocycles. The summed E-state index contributed by atoms with van der Waals surface area (Å²) in [5.41, 5.74) is 0.910. The van der Waals surface area contributed by atoms with Crippen LogP contribution in [0.1, 0.15) is 18.9 Å². The second-order valence-electron chi connectivity index (χ2n) is 4.96. The van der Waals surface area contributed by atoms with Crippen LogP contribution in [0.2, 0.25) is 5.02 Å². The molecule has 1 aromatic rings. The van der Waals surface area contributed by atoms with Crippen molar-refractivity contribution in [3.05, 3.63) is 34.9 Å². The Morgan fingerprint density at radius 1 is 1.50 bits per heavy atom. The number of benzene rings is 1. The molecule has 0 spiro atoms. The quantitative estimate of drug-likeness (QED) is 0.899. The molecule has 2 unspecified atom stereocenters. The van der Waals surface area contributed by atoms with Gasteiger partial charge in [-0.2, -0.15) is 0 Å². The number of carbonyl (C=O) groups is 2. The first kappa shape index (κ1) is 14.7. The van der Waals surface area contributed by atoms with Crippen LogP contribution in [0.15, 0.2) is 24.3 Å². The van der Waals surface area contributed by atoms with Gasteiger partial charge in [0, 0.05) is 24.2 Å². The topological polar surface area (TPSA) is 69.6 Å². The van der Waals surface area contributed by atoms with Gasteiger partial charge in [-0.25, -0.2) is 4.79 Å². The Bertz CT molecular complexity index is 521. The van der Waals surface area contributed by atoms with E-state index < -0.39 is 11.9 Å². The van der Waals surface area contributed by atoms with E-state index in [0.717, 1.165) is 5.56 Å². The molecule has 2 N–H and O–H groups in total. The minimum absolute atomic E-state index is 0.235. The molecule has 0 bridgehead atoms. The van der Waals surface area contributed by atoms with Crippen molar-refractivity contribution >= 4 is 23.6 Å². The first-order valence-corrected chi connectivity index (χ1v) is 6.88. The van der Waals surface area contributed by atoms with Gasteiger partial charge in [-0.1, -0.05) is 23.7 Å². The summed E-state index contributed by atoms with van der Waals surface area (Å²) >= 11 is 5.88. The molecule has 1 aromatic carbocycles. The normalized spacial score (nSPS) is 21.8. The highest BCUT2D eigenvalue weighted by atomic mass is 35.5. The largest absolute Gasteiger partial charge is 0.481 e. The zero-order valence-electron chi connectivity index (χ0n) is 11.2. The van der Waals surface area contributed by atoms with Crippen LogP contribution in [0, 0.1) is 5.92 Å². The Hall–Kier alpha value is -1.75. The van der Waals surface area contributed by atoms with Gasteiger partial charge >= 0.3 is 12.0 Å². The van der Waals surface area contributed by atoms with Crippen LogP contribution in [-0.4, -0.2) is 34.6 Å². The molecule has 2 rings (SSSR count). The maximum Gasteiger partial charge on any atom is 0.317 e. The van der Waals surface area contributed by atoms with Crippen LogP contribution >= 0.6 is 11.6 Å². The molecule has 0 aliphatic carbocycles. The van der Waals surface area contributed by atoms with Crippen LogP contribution in [0.25, 0.3) is 0 Å². The van der Waals surface area contributed by atoms with Crippen LogP contribution in [0.5, 0.6) is 0 Å². The fraction of sp³-hybridized carbons (Fsp3) is 0.429. The Balaban J connectivity index is 1.91. The van der Waals surface area contributed by atoms with Gasteiger partial charge in [-0.05, 0) is 31.0 Å². The van der Waals surface area contributed by atoms with E-state index in [4.69, 9.17) is 16.7 Å². The van der Waals surface area contributed by atoms with Gasteiger partial charge in [0.25, 0.3) is 0 Å². The van der Waals surface area contributed by atoms with E-state index in [1.165, 1.54) is 0 Å². The third kappa shape index (κ3) is 3.22. The van der Waals surface area contributed by atoms with Crippen molar-refractivity contribution in [2.24, 2.45) is 5.92 Å². The van der Waals surface area contributed by atoms with E-state index in [1.807, 2.05) is 12.1 Å². The predicted molar refractivity (Wildman–Crippen MR) is 75.6 cm³/mol. The second-order valence-corrected chi connectivity index (χ2v) is 5.39. The fourth-order valence-electron chi connectivity index (χ4n) is 2.48. The van der Waals surface area contributed by atoms with E-state index in [-0.39, 0.29) is 12.1 Å². The summed E-state index contributed by atoms with van der Waals surface area (Å²) in [5, 5.41) is 12.5. The predicted octanol–water partition coefficient (Wildman–Crippen LogP) is 2.34. The lowest BCUT2D eigenvalue weighted by molar-refractivity contribution is -0.142. The van der Waals surface area contributed by atoms with Gasteiger partial charge in [0.2, 0.25) is 0 Å². The number of hydrogen-bond donors (Lipinski definition) is 2. The van der Waals surface area contributed by atoms with Crippen molar-refractivity contribution in [2.75, 3.05) is 6.54 Å². The lowest BCUT2D eigenvalue weighted by atomic mass is 10.0. The molecule has 1 aliphatic heterocycles. The van der Waals surface area contributed by atoms with Crippen LogP contribution < -0.4 is 5.32 Å². The molecule has 0 radical (unpaired) electrons. The lowest BCUT2D eigenvalue weighted by Crippen LogP contribution is -2.43. The molecule has 1 heterocycles. The van der Waals surface area contributed by atoms with Gasteiger partial charge in [-0.3, -0.25) is 4.79 Å². The molecule has 0 saturated carbocycles. The van der Waals surface area contributed by atoms with Crippen molar-refractivity contribution in [3.8, 4) is 0 Å². The number of amides is 2. The Morgan fingerprint density at radius 2 is 2.25 bits per heavy atom. The number of likely N-dealkylation sites (tertiary alicyclic amines) is 1. The van der Waals surface area contributed by atoms with E-state index >= 15 is 0 Å². The molecule has 20 heavy (non-hydrogen) atoms. The highest BCUT2D eigenvalue weighted by Crippen LogP contribution is 2.24. The number of aliphatic carboxylic acids is 1. The third-order valence-corrected chi connectivity index (χ3v) is 3.90. The minimum Gasteiger partial charge on any atom is -0.481 e. The summed E-state index contributed by atoms with van der Waals surface area (Å²) in [4.78, 5) is 24.7. The van der Waals surface area contributed by atoms with Crippen LogP contribution in [0.4, 0.5) is 4.79 Å².